The quantitative estimate of drug-likeness (QED) is 0.806. The van der Waals surface area contributed by atoms with E-state index in [4.69, 9.17) is 5.73 Å². The number of sulfonamides is 1. The number of rotatable bonds is 6. The maximum absolute atomic E-state index is 11.9. The van der Waals surface area contributed by atoms with Crippen LogP contribution in [-0.4, -0.2) is 21.0 Å². The molecule has 0 fully saturated rings. The highest BCUT2D eigenvalue weighted by Gasteiger charge is 2.15. The summed E-state index contributed by atoms with van der Waals surface area (Å²) in [4.78, 5) is 0.275. The minimum atomic E-state index is -3.42. The largest absolute Gasteiger partial charge is 0.327 e. The van der Waals surface area contributed by atoms with Gasteiger partial charge in [-0.15, -0.1) is 0 Å². The van der Waals surface area contributed by atoms with Gasteiger partial charge in [0.2, 0.25) is 10.0 Å². The van der Waals surface area contributed by atoms with Gasteiger partial charge in [0.1, 0.15) is 0 Å². The first-order chi connectivity index (χ1) is 7.92. The van der Waals surface area contributed by atoms with Crippen LogP contribution in [0.4, 0.5) is 0 Å². The normalized spacial score (nSPS) is 13.9. The lowest BCUT2D eigenvalue weighted by molar-refractivity contribution is 0.486. The summed E-state index contributed by atoms with van der Waals surface area (Å²) < 4.78 is 26.2. The standard InChI is InChI=1S/C12H20N2O2S/c1-10(2)8-11(13)9-14-17(15,16)12-6-4-3-5-7-12/h3-7,10-11,14H,8-9,13H2,1-2H3. The Morgan fingerprint density at radius 2 is 1.82 bits per heavy atom. The van der Waals surface area contributed by atoms with Gasteiger partial charge in [0, 0.05) is 12.6 Å². The fraction of sp³-hybridized carbons (Fsp3) is 0.500. The van der Waals surface area contributed by atoms with Crippen LogP contribution in [0.5, 0.6) is 0 Å². The van der Waals surface area contributed by atoms with Crippen molar-refractivity contribution in [1.82, 2.24) is 4.72 Å². The number of nitrogens with two attached hydrogens (primary N) is 1. The first kappa shape index (κ1) is 14.2. The zero-order chi connectivity index (χ0) is 12.9. The van der Waals surface area contributed by atoms with Crippen LogP contribution in [0.25, 0.3) is 0 Å². The lowest BCUT2D eigenvalue weighted by Crippen LogP contribution is -2.37. The summed E-state index contributed by atoms with van der Waals surface area (Å²) in [5.41, 5.74) is 5.83. The summed E-state index contributed by atoms with van der Waals surface area (Å²) >= 11 is 0. The Morgan fingerprint density at radius 3 is 2.35 bits per heavy atom. The summed E-state index contributed by atoms with van der Waals surface area (Å²) in [6, 6.07) is 8.16. The summed E-state index contributed by atoms with van der Waals surface area (Å²) in [6.45, 7) is 4.40. The molecule has 4 nitrogen and oxygen atoms in total. The topological polar surface area (TPSA) is 72.2 Å². The molecular formula is C12H20N2O2S. The van der Waals surface area contributed by atoms with Crippen molar-refractivity contribution in [2.45, 2.75) is 31.2 Å². The summed E-state index contributed by atoms with van der Waals surface area (Å²) in [5.74, 6) is 0.464. The second kappa shape index (κ2) is 6.14. The second-order valence-corrected chi connectivity index (χ2v) is 6.32. The molecule has 96 valence electrons. The predicted molar refractivity (Wildman–Crippen MR) is 69.1 cm³/mol. The van der Waals surface area contributed by atoms with Gasteiger partial charge in [0.05, 0.1) is 4.90 Å². The van der Waals surface area contributed by atoms with Crippen molar-refractivity contribution in [3.63, 3.8) is 0 Å². The van der Waals surface area contributed by atoms with Crippen LogP contribution in [0.1, 0.15) is 20.3 Å². The number of hydrogen-bond donors (Lipinski definition) is 2. The van der Waals surface area contributed by atoms with E-state index in [0.717, 1.165) is 6.42 Å². The minimum Gasteiger partial charge on any atom is -0.327 e. The average molecular weight is 256 g/mol. The molecular weight excluding hydrogens is 236 g/mol. The van der Waals surface area contributed by atoms with E-state index in [2.05, 4.69) is 18.6 Å². The van der Waals surface area contributed by atoms with E-state index in [0.29, 0.717) is 5.92 Å². The fourth-order valence-corrected chi connectivity index (χ4v) is 2.70. The zero-order valence-corrected chi connectivity index (χ0v) is 11.1. The first-order valence-corrected chi connectivity index (χ1v) is 7.20. The predicted octanol–water partition coefficient (Wildman–Crippen LogP) is 1.34. The van der Waals surface area contributed by atoms with Gasteiger partial charge in [-0.25, -0.2) is 13.1 Å². The summed E-state index contributed by atoms with van der Waals surface area (Å²) in [5, 5.41) is 0. The van der Waals surface area contributed by atoms with Crippen LogP contribution in [0.2, 0.25) is 0 Å². The summed E-state index contributed by atoms with van der Waals surface area (Å²) in [7, 11) is -3.42. The molecule has 0 aliphatic carbocycles. The van der Waals surface area contributed by atoms with E-state index in [1.165, 1.54) is 0 Å². The molecule has 1 atom stereocenters. The zero-order valence-electron chi connectivity index (χ0n) is 10.3. The van der Waals surface area contributed by atoms with Crippen LogP contribution >= 0.6 is 0 Å². The molecule has 0 saturated carbocycles. The maximum atomic E-state index is 11.9. The van der Waals surface area contributed by atoms with E-state index >= 15 is 0 Å². The minimum absolute atomic E-state index is 0.145. The molecule has 1 aromatic rings. The molecule has 1 unspecified atom stereocenters. The highest BCUT2D eigenvalue weighted by Crippen LogP contribution is 2.08. The molecule has 0 aliphatic rings. The molecule has 17 heavy (non-hydrogen) atoms. The van der Waals surface area contributed by atoms with Gasteiger partial charge >= 0.3 is 0 Å². The molecule has 0 spiro atoms. The SMILES string of the molecule is CC(C)CC(N)CNS(=O)(=O)c1ccccc1. The Labute approximate surface area is 103 Å². The van der Waals surface area contributed by atoms with Gasteiger partial charge in [-0.1, -0.05) is 32.0 Å². The van der Waals surface area contributed by atoms with E-state index in [1.807, 2.05) is 0 Å². The van der Waals surface area contributed by atoms with Crippen molar-refractivity contribution in [3.05, 3.63) is 30.3 Å². The molecule has 3 N–H and O–H groups in total. The maximum Gasteiger partial charge on any atom is 0.240 e. The van der Waals surface area contributed by atoms with Gasteiger partial charge in [-0.3, -0.25) is 0 Å². The van der Waals surface area contributed by atoms with E-state index in [1.54, 1.807) is 30.3 Å². The van der Waals surface area contributed by atoms with Crippen molar-refractivity contribution in [1.29, 1.82) is 0 Å². The van der Waals surface area contributed by atoms with Gasteiger partial charge in [-0.05, 0) is 24.5 Å². The van der Waals surface area contributed by atoms with Gasteiger partial charge < -0.3 is 5.73 Å². The highest BCUT2D eigenvalue weighted by atomic mass is 32.2. The van der Waals surface area contributed by atoms with Gasteiger partial charge in [0.25, 0.3) is 0 Å². The Hall–Kier alpha value is -0.910. The average Bonchev–Trinajstić information content (AvgIpc) is 2.27. The molecule has 0 heterocycles. The van der Waals surface area contributed by atoms with Crippen molar-refractivity contribution in [2.24, 2.45) is 11.7 Å². The Morgan fingerprint density at radius 1 is 1.24 bits per heavy atom. The lowest BCUT2D eigenvalue weighted by atomic mass is 10.1. The van der Waals surface area contributed by atoms with Crippen LogP contribution in [-0.2, 0) is 10.0 Å². The summed E-state index contributed by atoms with van der Waals surface area (Å²) in [6.07, 6.45) is 0.803. The van der Waals surface area contributed by atoms with Crippen molar-refractivity contribution >= 4 is 10.0 Å². The molecule has 0 radical (unpaired) electrons. The van der Waals surface area contributed by atoms with Crippen molar-refractivity contribution in [3.8, 4) is 0 Å². The lowest BCUT2D eigenvalue weighted by Gasteiger charge is -2.14. The number of hydrogen-bond acceptors (Lipinski definition) is 3. The molecule has 0 saturated heterocycles. The van der Waals surface area contributed by atoms with E-state index in [-0.39, 0.29) is 17.5 Å². The molecule has 1 aromatic carbocycles. The Bertz CT molecular complexity index is 429. The third-order valence-corrected chi connectivity index (χ3v) is 3.80. The van der Waals surface area contributed by atoms with E-state index < -0.39 is 10.0 Å². The van der Waals surface area contributed by atoms with E-state index in [9.17, 15) is 8.42 Å². The Kier molecular flexibility index (Phi) is 5.11. The molecule has 5 heteroatoms. The number of benzene rings is 1. The number of nitrogens with one attached hydrogen (secondary N) is 1. The monoisotopic (exact) mass is 256 g/mol. The smallest absolute Gasteiger partial charge is 0.240 e. The molecule has 1 rings (SSSR count). The molecule has 0 aliphatic heterocycles. The molecule has 0 amide bonds. The second-order valence-electron chi connectivity index (χ2n) is 4.55. The van der Waals surface area contributed by atoms with Crippen LogP contribution in [0, 0.1) is 5.92 Å². The van der Waals surface area contributed by atoms with Crippen molar-refractivity contribution < 1.29 is 8.42 Å². The Balaban J connectivity index is 2.57. The van der Waals surface area contributed by atoms with Crippen LogP contribution in [0.3, 0.4) is 0 Å². The van der Waals surface area contributed by atoms with Gasteiger partial charge in [0.15, 0.2) is 0 Å². The van der Waals surface area contributed by atoms with Crippen molar-refractivity contribution in [2.75, 3.05) is 6.54 Å². The molecule has 0 bridgehead atoms. The molecule has 0 aromatic heterocycles. The first-order valence-electron chi connectivity index (χ1n) is 5.72. The van der Waals surface area contributed by atoms with Crippen LogP contribution < -0.4 is 10.5 Å². The van der Waals surface area contributed by atoms with Crippen LogP contribution in [0.15, 0.2) is 35.2 Å². The third-order valence-electron chi connectivity index (χ3n) is 2.36. The fourth-order valence-electron chi connectivity index (χ4n) is 1.59. The highest BCUT2D eigenvalue weighted by molar-refractivity contribution is 7.89. The third kappa shape index (κ3) is 4.85. The van der Waals surface area contributed by atoms with Gasteiger partial charge in [-0.2, -0.15) is 0 Å².